The number of hydrogen-bond donors (Lipinski definition) is 4. The van der Waals surface area contributed by atoms with Gasteiger partial charge < -0.3 is 10.1 Å². The number of carbonyl (C=O) groups excluding carboxylic acids is 3. The van der Waals surface area contributed by atoms with E-state index in [0.29, 0.717) is 17.1 Å². The maximum absolute atomic E-state index is 12.3. The van der Waals surface area contributed by atoms with Gasteiger partial charge in [0.15, 0.2) is 6.61 Å². The van der Waals surface area contributed by atoms with Crippen LogP contribution in [0.5, 0.6) is 5.75 Å². The normalized spacial score (nSPS) is 12.4. The third-order valence-electron chi connectivity index (χ3n) is 4.06. The highest BCUT2D eigenvalue weighted by atomic mass is 16.5. The summed E-state index contributed by atoms with van der Waals surface area (Å²) < 4.78 is 5.27. The molecule has 0 fully saturated rings. The Morgan fingerprint density at radius 2 is 1.79 bits per heavy atom. The lowest BCUT2D eigenvalue weighted by atomic mass is 10.1. The minimum Gasteiger partial charge on any atom is -0.482 e. The molecule has 28 heavy (non-hydrogen) atoms. The number of anilines is 1. The van der Waals surface area contributed by atoms with Crippen LogP contribution in [0, 0.1) is 0 Å². The Morgan fingerprint density at radius 3 is 2.61 bits per heavy atom. The van der Waals surface area contributed by atoms with Crippen LogP contribution in [-0.2, 0) is 4.79 Å². The largest absolute Gasteiger partial charge is 0.482 e. The molecule has 0 saturated heterocycles. The van der Waals surface area contributed by atoms with Crippen molar-refractivity contribution in [2.45, 2.75) is 0 Å². The molecule has 1 aliphatic heterocycles. The van der Waals surface area contributed by atoms with Crippen molar-refractivity contribution < 1.29 is 19.1 Å². The van der Waals surface area contributed by atoms with Gasteiger partial charge in [0.25, 0.3) is 17.7 Å². The van der Waals surface area contributed by atoms with Gasteiger partial charge >= 0.3 is 0 Å². The predicted octanol–water partition coefficient (Wildman–Crippen LogP) is 1.48. The number of hydrogen-bond acceptors (Lipinski definition) is 5. The van der Waals surface area contributed by atoms with Crippen molar-refractivity contribution in [1.82, 2.24) is 21.0 Å². The SMILES string of the molecule is O=C1COc2cc(C(=O)NNC(=O)c3cc(-c4ccccc4)n[nH]3)ccc2N1. The second-order valence-electron chi connectivity index (χ2n) is 5.99. The van der Waals surface area contributed by atoms with Crippen molar-refractivity contribution in [2.24, 2.45) is 0 Å². The van der Waals surface area contributed by atoms with Crippen molar-refractivity contribution in [2.75, 3.05) is 11.9 Å². The van der Waals surface area contributed by atoms with E-state index >= 15 is 0 Å². The van der Waals surface area contributed by atoms with Crippen molar-refractivity contribution in [3.8, 4) is 17.0 Å². The second kappa shape index (κ2) is 7.23. The summed E-state index contributed by atoms with van der Waals surface area (Å²) in [7, 11) is 0. The van der Waals surface area contributed by atoms with Gasteiger partial charge in [-0.05, 0) is 24.3 Å². The van der Waals surface area contributed by atoms with Crippen molar-refractivity contribution in [3.05, 3.63) is 65.9 Å². The first-order valence-corrected chi connectivity index (χ1v) is 8.38. The lowest BCUT2D eigenvalue weighted by Gasteiger charge is -2.18. The Bertz CT molecular complexity index is 1060. The molecule has 3 amide bonds. The first-order valence-electron chi connectivity index (χ1n) is 8.38. The van der Waals surface area contributed by atoms with E-state index in [9.17, 15) is 14.4 Å². The first-order chi connectivity index (χ1) is 13.6. The summed E-state index contributed by atoms with van der Waals surface area (Å²) in [6.07, 6.45) is 0. The van der Waals surface area contributed by atoms with Crippen LogP contribution >= 0.6 is 0 Å². The standard InChI is InChI=1S/C19H15N5O4/c25-17-10-28-16-8-12(6-7-13(16)20-17)18(26)23-24-19(27)15-9-14(21-22-15)11-4-2-1-3-5-11/h1-9H,10H2,(H,20,25)(H,21,22)(H,23,26)(H,24,27). The second-order valence-corrected chi connectivity index (χ2v) is 5.99. The molecule has 0 bridgehead atoms. The predicted molar refractivity (Wildman–Crippen MR) is 99.5 cm³/mol. The van der Waals surface area contributed by atoms with Gasteiger partial charge in [-0.3, -0.25) is 30.3 Å². The molecule has 4 rings (SSSR count). The lowest BCUT2D eigenvalue weighted by molar-refractivity contribution is -0.118. The minimum atomic E-state index is -0.537. The molecule has 1 aromatic heterocycles. The molecule has 1 aliphatic rings. The number of carbonyl (C=O) groups is 3. The number of nitrogens with zero attached hydrogens (tertiary/aromatic N) is 1. The molecular weight excluding hydrogens is 362 g/mol. The third-order valence-corrected chi connectivity index (χ3v) is 4.06. The third kappa shape index (κ3) is 3.54. The molecule has 0 atom stereocenters. The minimum absolute atomic E-state index is 0.113. The Hall–Kier alpha value is -4.14. The molecule has 140 valence electrons. The first kappa shape index (κ1) is 17.3. The van der Waals surface area contributed by atoms with Crippen molar-refractivity contribution in [1.29, 1.82) is 0 Å². The number of ether oxygens (including phenoxy) is 1. The van der Waals surface area contributed by atoms with E-state index in [1.54, 1.807) is 12.1 Å². The highest BCUT2D eigenvalue weighted by Gasteiger charge is 2.18. The average Bonchev–Trinajstić information content (AvgIpc) is 3.22. The molecule has 0 aliphatic carbocycles. The molecule has 2 aromatic carbocycles. The van der Waals surface area contributed by atoms with E-state index in [1.807, 2.05) is 30.3 Å². The van der Waals surface area contributed by atoms with Crippen LogP contribution in [0.3, 0.4) is 0 Å². The van der Waals surface area contributed by atoms with E-state index in [4.69, 9.17) is 4.74 Å². The van der Waals surface area contributed by atoms with E-state index in [-0.39, 0.29) is 23.8 Å². The molecule has 9 nitrogen and oxygen atoms in total. The molecule has 9 heteroatoms. The van der Waals surface area contributed by atoms with Gasteiger partial charge in [-0.25, -0.2) is 0 Å². The number of amides is 3. The summed E-state index contributed by atoms with van der Waals surface area (Å²) >= 11 is 0. The summed E-state index contributed by atoms with van der Waals surface area (Å²) in [5.41, 5.74) is 7.10. The summed E-state index contributed by atoms with van der Waals surface area (Å²) in [4.78, 5) is 35.8. The van der Waals surface area contributed by atoms with Gasteiger partial charge in [0, 0.05) is 11.1 Å². The fourth-order valence-corrected chi connectivity index (χ4v) is 2.66. The molecule has 0 unspecified atom stereocenters. The summed E-state index contributed by atoms with van der Waals surface area (Å²) in [5, 5.41) is 9.37. The van der Waals surface area contributed by atoms with Gasteiger partial charge in [-0.1, -0.05) is 30.3 Å². The van der Waals surface area contributed by atoms with E-state index in [0.717, 1.165) is 5.56 Å². The molecule has 0 radical (unpaired) electrons. The fraction of sp³-hybridized carbons (Fsp3) is 0.0526. The topological polar surface area (TPSA) is 125 Å². The van der Waals surface area contributed by atoms with E-state index in [1.165, 1.54) is 12.1 Å². The molecule has 0 saturated carbocycles. The molecular formula is C19H15N5O4. The van der Waals surface area contributed by atoms with Gasteiger partial charge in [-0.2, -0.15) is 5.10 Å². The fourth-order valence-electron chi connectivity index (χ4n) is 2.66. The van der Waals surface area contributed by atoms with Crippen LogP contribution in [-0.4, -0.2) is 34.5 Å². The lowest BCUT2D eigenvalue weighted by Crippen LogP contribution is -2.41. The number of aromatic nitrogens is 2. The van der Waals surface area contributed by atoms with Gasteiger partial charge in [0.2, 0.25) is 0 Å². The number of fused-ring (bicyclic) bond motifs is 1. The monoisotopic (exact) mass is 377 g/mol. The number of hydrazine groups is 1. The quantitative estimate of drug-likeness (QED) is 0.515. The molecule has 2 heterocycles. The number of aromatic amines is 1. The van der Waals surface area contributed by atoms with Crippen LogP contribution in [0.25, 0.3) is 11.3 Å². The van der Waals surface area contributed by atoms with Crippen LogP contribution in [0.15, 0.2) is 54.6 Å². The van der Waals surface area contributed by atoms with Gasteiger partial charge in [-0.15, -0.1) is 0 Å². The molecule has 3 aromatic rings. The van der Waals surface area contributed by atoms with E-state index in [2.05, 4.69) is 26.4 Å². The van der Waals surface area contributed by atoms with Gasteiger partial charge in [0.1, 0.15) is 11.4 Å². The molecule has 0 spiro atoms. The Labute approximate surface area is 159 Å². The maximum atomic E-state index is 12.3. The van der Waals surface area contributed by atoms with Crippen molar-refractivity contribution >= 4 is 23.4 Å². The number of rotatable bonds is 3. The zero-order valence-corrected chi connectivity index (χ0v) is 14.5. The van der Waals surface area contributed by atoms with Crippen LogP contribution < -0.4 is 20.9 Å². The highest BCUT2D eigenvalue weighted by Crippen LogP contribution is 2.28. The summed E-state index contributed by atoms with van der Waals surface area (Å²) in [5.74, 6) is -0.935. The zero-order chi connectivity index (χ0) is 19.5. The number of nitrogens with one attached hydrogen (secondary N) is 4. The molecule has 4 N–H and O–H groups in total. The Kier molecular flexibility index (Phi) is 4.47. The average molecular weight is 377 g/mol. The summed E-state index contributed by atoms with van der Waals surface area (Å²) in [6.45, 7) is -0.113. The number of H-pyrrole nitrogens is 1. The van der Waals surface area contributed by atoms with Crippen molar-refractivity contribution in [3.63, 3.8) is 0 Å². The highest BCUT2D eigenvalue weighted by molar-refractivity contribution is 6.00. The summed E-state index contributed by atoms with van der Waals surface area (Å²) in [6, 6.07) is 15.5. The smallest absolute Gasteiger partial charge is 0.287 e. The van der Waals surface area contributed by atoms with Crippen LogP contribution in [0.1, 0.15) is 20.8 Å². The van der Waals surface area contributed by atoms with Crippen LogP contribution in [0.2, 0.25) is 0 Å². The Balaban J connectivity index is 1.39. The van der Waals surface area contributed by atoms with E-state index < -0.39 is 11.8 Å². The maximum Gasteiger partial charge on any atom is 0.287 e. The van der Waals surface area contributed by atoms with Crippen LogP contribution in [0.4, 0.5) is 5.69 Å². The Morgan fingerprint density at radius 1 is 1.00 bits per heavy atom. The zero-order valence-electron chi connectivity index (χ0n) is 14.5. The number of benzene rings is 2. The van der Waals surface area contributed by atoms with Gasteiger partial charge in [0.05, 0.1) is 11.4 Å².